The molecule has 1 aromatic heterocycles. The number of para-hydroxylation sites is 2. The average Bonchev–Trinajstić information content (AvgIpc) is 3.33. The Morgan fingerprint density at radius 2 is 1.68 bits per heavy atom. The fraction of sp³-hybridized carbons (Fsp3) is 0.148. The van der Waals surface area contributed by atoms with E-state index in [0.29, 0.717) is 6.42 Å². The van der Waals surface area contributed by atoms with Crippen LogP contribution >= 0.6 is 0 Å². The number of carbonyl (C=O) groups is 3. The number of carboxylic acid groups (broad SMARTS) is 1. The summed E-state index contributed by atoms with van der Waals surface area (Å²) in [5.41, 5.74) is 4.62. The monoisotopic (exact) mass is 450 g/mol. The second-order valence-electron chi connectivity index (χ2n) is 8.76. The van der Waals surface area contributed by atoms with E-state index >= 15 is 0 Å². The summed E-state index contributed by atoms with van der Waals surface area (Å²) in [6.45, 7) is 1.99. The number of aromatic carboxylic acids is 1. The topological polar surface area (TPSA) is 96.5 Å². The molecule has 0 bridgehead atoms. The lowest BCUT2D eigenvalue weighted by molar-refractivity contribution is -0.254. The normalized spacial score (nSPS) is 19.4. The van der Waals surface area contributed by atoms with Gasteiger partial charge in [0.15, 0.2) is 0 Å². The molecule has 3 heterocycles. The molecule has 0 radical (unpaired) electrons. The number of hydrogen-bond acceptors (Lipinski definition) is 4. The Kier molecular flexibility index (Phi) is 4.35. The minimum Gasteiger partial charge on any atom is -0.545 e. The van der Waals surface area contributed by atoms with Crippen LogP contribution in [0.15, 0.2) is 72.8 Å². The number of carboxylic acids is 1. The first kappa shape index (κ1) is 20.2. The summed E-state index contributed by atoms with van der Waals surface area (Å²) in [5, 5.41) is 12.7. The molecule has 7 nitrogen and oxygen atoms in total. The van der Waals surface area contributed by atoms with Gasteiger partial charge in [-0.25, -0.2) is 9.69 Å². The summed E-state index contributed by atoms with van der Waals surface area (Å²) in [4.78, 5) is 45.3. The number of hydrogen-bond donors (Lipinski definition) is 1. The number of anilines is 1. The van der Waals surface area contributed by atoms with E-state index in [1.807, 2.05) is 55.5 Å². The fourth-order valence-electron chi connectivity index (χ4n) is 5.23. The summed E-state index contributed by atoms with van der Waals surface area (Å²) < 4.78 is 0. The van der Waals surface area contributed by atoms with E-state index in [4.69, 9.17) is 0 Å². The van der Waals surface area contributed by atoms with Crippen LogP contribution in [0.4, 0.5) is 10.5 Å². The summed E-state index contributed by atoms with van der Waals surface area (Å²) in [6, 6.07) is 19.9. The van der Waals surface area contributed by atoms with Crippen molar-refractivity contribution >= 4 is 34.5 Å². The fourth-order valence-corrected chi connectivity index (χ4v) is 5.23. The van der Waals surface area contributed by atoms with Crippen molar-refractivity contribution in [2.24, 2.45) is 0 Å². The van der Waals surface area contributed by atoms with Gasteiger partial charge in [0.25, 0.3) is 5.91 Å². The van der Waals surface area contributed by atoms with Crippen molar-refractivity contribution in [2.45, 2.75) is 25.4 Å². The third-order valence-electron chi connectivity index (χ3n) is 6.81. The van der Waals surface area contributed by atoms with Gasteiger partial charge >= 0.3 is 6.03 Å². The van der Waals surface area contributed by atoms with E-state index in [1.165, 1.54) is 12.1 Å². The zero-order valence-corrected chi connectivity index (χ0v) is 18.3. The van der Waals surface area contributed by atoms with Crippen molar-refractivity contribution in [1.82, 2.24) is 9.88 Å². The molecule has 1 N–H and O–H groups in total. The second-order valence-corrected chi connectivity index (χ2v) is 8.76. The molecule has 0 aliphatic carbocycles. The molecule has 0 unspecified atom stereocenters. The molecule has 2 aliphatic rings. The van der Waals surface area contributed by atoms with Gasteiger partial charge in [-0.15, -0.1) is 0 Å². The van der Waals surface area contributed by atoms with Crippen LogP contribution in [0, 0.1) is 6.92 Å². The first-order chi connectivity index (χ1) is 16.5. The Bertz CT molecular complexity index is 1490. The lowest BCUT2D eigenvalue weighted by atomic mass is 9.88. The van der Waals surface area contributed by atoms with Crippen LogP contribution in [0.2, 0.25) is 0 Å². The molecule has 168 valence electrons. The standard InChI is InChI=1S/C27H21N3O4/c1-15-10-12-16(13-11-15)24-23-19(17-6-2-4-8-20(17)28-23)14-22-25(31)30(27(34)29(22)24)21-9-5-3-7-18(21)26(32)33/h2-13,22,24,28H,14H2,1H3,(H,32,33)/p-1/t22-,24+/m0/s1. The third-order valence-corrected chi connectivity index (χ3v) is 6.81. The lowest BCUT2D eigenvalue weighted by Gasteiger charge is -2.36. The quantitative estimate of drug-likeness (QED) is 0.484. The number of nitrogens with one attached hydrogen (secondary N) is 1. The highest BCUT2D eigenvalue weighted by molar-refractivity contribution is 6.23. The van der Waals surface area contributed by atoms with Crippen LogP contribution < -0.4 is 10.0 Å². The molecule has 7 heteroatoms. The number of rotatable bonds is 3. The van der Waals surface area contributed by atoms with Crippen molar-refractivity contribution in [3.8, 4) is 0 Å². The van der Waals surface area contributed by atoms with Gasteiger partial charge in [-0.3, -0.25) is 9.69 Å². The third kappa shape index (κ3) is 2.80. The van der Waals surface area contributed by atoms with Gasteiger partial charge in [-0.1, -0.05) is 66.2 Å². The number of H-pyrrole nitrogens is 1. The number of carbonyl (C=O) groups excluding carboxylic acids is 3. The molecule has 4 aromatic rings. The van der Waals surface area contributed by atoms with E-state index in [2.05, 4.69) is 4.98 Å². The first-order valence-electron chi connectivity index (χ1n) is 11.1. The van der Waals surface area contributed by atoms with Crippen molar-refractivity contribution in [3.63, 3.8) is 0 Å². The molecule has 0 saturated carbocycles. The Hall–Kier alpha value is -4.39. The van der Waals surface area contributed by atoms with Crippen molar-refractivity contribution in [3.05, 3.63) is 101 Å². The Morgan fingerprint density at radius 3 is 2.44 bits per heavy atom. The number of aromatic nitrogens is 1. The Labute approximate surface area is 195 Å². The average molecular weight is 450 g/mol. The second kappa shape index (κ2) is 7.31. The molecule has 3 amide bonds. The van der Waals surface area contributed by atoms with Crippen molar-refractivity contribution in [2.75, 3.05) is 4.90 Å². The van der Waals surface area contributed by atoms with Gasteiger partial charge in [0.2, 0.25) is 0 Å². The molecule has 0 spiro atoms. The highest BCUT2D eigenvalue weighted by atomic mass is 16.4. The number of aromatic amines is 1. The van der Waals surface area contributed by atoms with Crippen LogP contribution in [-0.4, -0.2) is 33.8 Å². The van der Waals surface area contributed by atoms with Crippen LogP contribution in [0.25, 0.3) is 10.9 Å². The van der Waals surface area contributed by atoms with E-state index in [-0.39, 0.29) is 11.3 Å². The van der Waals surface area contributed by atoms with Crippen molar-refractivity contribution < 1.29 is 19.5 Å². The lowest BCUT2D eigenvalue weighted by Crippen LogP contribution is -2.44. The van der Waals surface area contributed by atoms with Gasteiger partial charge in [-0.2, -0.15) is 0 Å². The Balaban J connectivity index is 1.55. The molecule has 2 aliphatic heterocycles. The van der Waals surface area contributed by atoms with E-state index in [1.54, 1.807) is 17.0 Å². The maximum absolute atomic E-state index is 13.8. The SMILES string of the molecule is Cc1ccc([C@@H]2c3[nH]c4ccccc4c3C[C@H]3C(=O)N(c4ccccc4C(=O)[O-])C(=O)N23)cc1. The van der Waals surface area contributed by atoms with Gasteiger partial charge < -0.3 is 14.9 Å². The first-order valence-corrected chi connectivity index (χ1v) is 11.1. The van der Waals surface area contributed by atoms with Crippen LogP contribution in [0.5, 0.6) is 0 Å². The molecule has 2 atom stereocenters. The molecule has 1 fully saturated rings. The predicted molar refractivity (Wildman–Crippen MR) is 124 cm³/mol. The van der Waals surface area contributed by atoms with Gasteiger partial charge in [0.1, 0.15) is 12.1 Å². The summed E-state index contributed by atoms with van der Waals surface area (Å²) in [6.07, 6.45) is 0.344. The molecule has 1 saturated heterocycles. The summed E-state index contributed by atoms with van der Waals surface area (Å²) in [7, 11) is 0. The number of amides is 3. The number of urea groups is 1. The van der Waals surface area contributed by atoms with Crippen LogP contribution in [0.3, 0.4) is 0 Å². The smallest absolute Gasteiger partial charge is 0.332 e. The maximum atomic E-state index is 13.8. The number of benzene rings is 3. The molecule has 34 heavy (non-hydrogen) atoms. The highest BCUT2D eigenvalue weighted by Crippen LogP contribution is 2.45. The highest BCUT2D eigenvalue weighted by Gasteiger charge is 2.53. The van der Waals surface area contributed by atoms with Gasteiger partial charge in [0, 0.05) is 28.6 Å². The number of nitrogens with zero attached hydrogens (tertiary/aromatic N) is 2. The van der Waals surface area contributed by atoms with Crippen LogP contribution in [0.1, 0.15) is 38.8 Å². The zero-order valence-electron chi connectivity index (χ0n) is 18.3. The van der Waals surface area contributed by atoms with Gasteiger partial charge in [0.05, 0.1) is 11.7 Å². The predicted octanol–water partition coefficient (Wildman–Crippen LogP) is 3.32. The number of aryl methyl sites for hydroxylation is 1. The molecular weight excluding hydrogens is 430 g/mol. The number of imide groups is 1. The molecule has 6 rings (SSSR count). The number of fused-ring (bicyclic) bond motifs is 4. The summed E-state index contributed by atoms with van der Waals surface area (Å²) >= 11 is 0. The zero-order chi connectivity index (χ0) is 23.6. The Morgan fingerprint density at radius 1 is 0.971 bits per heavy atom. The molecule has 3 aromatic carbocycles. The molecular formula is C27H20N3O4-. The van der Waals surface area contributed by atoms with Crippen LogP contribution in [-0.2, 0) is 11.2 Å². The maximum Gasteiger partial charge on any atom is 0.332 e. The minimum absolute atomic E-state index is 0.0306. The largest absolute Gasteiger partial charge is 0.545 e. The van der Waals surface area contributed by atoms with E-state index in [0.717, 1.165) is 38.2 Å². The van der Waals surface area contributed by atoms with E-state index < -0.39 is 30.0 Å². The van der Waals surface area contributed by atoms with E-state index in [9.17, 15) is 19.5 Å². The minimum atomic E-state index is -1.44. The van der Waals surface area contributed by atoms with Crippen molar-refractivity contribution in [1.29, 1.82) is 0 Å². The van der Waals surface area contributed by atoms with Gasteiger partial charge in [-0.05, 0) is 30.2 Å². The summed E-state index contributed by atoms with van der Waals surface area (Å²) in [5.74, 6) is -1.88.